The second kappa shape index (κ2) is 7.38. The number of hydrogen-bond acceptors (Lipinski definition) is 8. The molecule has 0 aliphatic heterocycles. The van der Waals surface area contributed by atoms with Crippen molar-refractivity contribution in [3.63, 3.8) is 0 Å². The Morgan fingerprint density at radius 1 is 1.19 bits per heavy atom. The molecular formula is C8H13F3O8S2. The number of halogens is 3. The highest BCUT2D eigenvalue weighted by molar-refractivity contribution is 7.87. The Labute approximate surface area is 119 Å². The first-order chi connectivity index (χ1) is 9.30. The second-order valence-electron chi connectivity index (χ2n) is 3.55. The van der Waals surface area contributed by atoms with Crippen LogP contribution in [0.3, 0.4) is 0 Å². The van der Waals surface area contributed by atoms with Crippen molar-refractivity contribution < 1.29 is 47.9 Å². The van der Waals surface area contributed by atoms with Crippen molar-refractivity contribution in [3.8, 4) is 0 Å². The first-order valence-corrected chi connectivity index (χ1v) is 8.53. The lowest BCUT2D eigenvalue weighted by Gasteiger charge is -2.16. The lowest BCUT2D eigenvalue weighted by molar-refractivity contribution is -0.152. The predicted molar refractivity (Wildman–Crippen MR) is 61.9 cm³/mol. The van der Waals surface area contributed by atoms with E-state index in [-0.39, 0.29) is 6.61 Å². The first-order valence-electron chi connectivity index (χ1n) is 5.30. The molecule has 0 N–H and O–H groups in total. The van der Waals surface area contributed by atoms with Crippen molar-refractivity contribution in [1.82, 2.24) is 0 Å². The van der Waals surface area contributed by atoms with Crippen molar-refractivity contribution in [2.45, 2.75) is 25.0 Å². The first kappa shape index (κ1) is 20.1. The Morgan fingerprint density at radius 2 is 1.71 bits per heavy atom. The van der Waals surface area contributed by atoms with E-state index in [0.717, 1.165) is 0 Å². The van der Waals surface area contributed by atoms with Crippen LogP contribution in [0.2, 0.25) is 0 Å². The summed E-state index contributed by atoms with van der Waals surface area (Å²) in [4.78, 5) is 11.3. The summed E-state index contributed by atoms with van der Waals surface area (Å²) < 4.78 is 91.7. The van der Waals surface area contributed by atoms with Gasteiger partial charge < -0.3 is 4.74 Å². The zero-order valence-electron chi connectivity index (χ0n) is 10.9. The molecule has 0 aromatic heterocycles. The molecule has 0 saturated carbocycles. The van der Waals surface area contributed by atoms with E-state index in [9.17, 15) is 34.8 Å². The average Bonchev–Trinajstić information content (AvgIpc) is 2.24. The summed E-state index contributed by atoms with van der Waals surface area (Å²) in [7, 11) is -9.94. The molecule has 0 saturated heterocycles. The summed E-state index contributed by atoms with van der Waals surface area (Å²) in [5, 5.41) is 0. The van der Waals surface area contributed by atoms with Gasteiger partial charge in [0, 0.05) is 6.42 Å². The molecule has 0 heterocycles. The summed E-state index contributed by atoms with van der Waals surface area (Å²) in [6.07, 6.45) is -2.26. The van der Waals surface area contributed by atoms with Gasteiger partial charge in [0.05, 0.1) is 19.5 Å². The van der Waals surface area contributed by atoms with E-state index in [1.807, 2.05) is 0 Å². The fraction of sp³-hybridized carbons (Fsp3) is 0.875. The maximum absolute atomic E-state index is 12.2. The Hall–Kier alpha value is -0.920. The number of alkyl halides is 3. The number of ether oxygens (including phenoxy) is 1. The number of hydrogen-bond donors (Lipinski definition) is 0. The fourth-order valence-corrected chi connectivity index (χ4v) is 1.94. The standard InChI is InChI=1S/C8H13F3O8S2/c1-3-17-7(12)6(4-5-18-20(2,13)14)19-21(15,16)8(9,10)11/h6H,3-5H2,1-2H3. The third-order valence-electron chi connectivity index (χ3n) is 1.75. The molecule has 8 nitrogen and oxygen atoms in total. The molecule has 0 fully saturated rings. The highest BCUT2D eigenvalue weighted by Gasteiger charge is 2.49. The summed E-state index contributed by atoms with van der Waals surface area (Å²) in [6, 6.07) is 0. The van der Waals surface area contributed by atoms with Gasteiger partial charge in [-0.05, 0) is 6.92 Å². The SMILES string of the molecule is CCOC(=O)C(CCOS(C)(=O)=O)OS(=O)(=O)C(F)(F)F. The molecule has 0 bridgehead atoms. The lowest BCUT2D eigenvalue weighted by Crippen LogP contribution is -2.36. The van der Waals surface area contributed by atoms with Crippen LogP contribution in [0.15, 0.2) is 0 Å². The lowest BCUT2D eigenvalue weighted by atomic mass is 10.3. The third-order valence-corrected chi connectivity index (χ3v) is 3.40. The molecule has 0 aromatic rings. The van der Waals surface area contributed by atoms with E-state index in [1.165, 1.54) is 6.92 Å². The van der Waals surface area contributed by atoms with Crippen molar-refractivity contribution in [2.75, 3.05) is 19.5 Å². The number of carbonyl (C=O) groups is 1. The van der Waals surface area contributed by atoms with Gasteiger partial charge in [-0.15, -0.1) is 0 Å². The van der Waals surface area contributed by atoms with Crippen molar-refractivity contribution in [3.05, 3.63) is 0 Å². The summed E-state index contributed by atoms with van der Waals surface area (Å²) >= 11 is 0. The van der Waals surface area contributed by atoms with E-state index in [4.69, 9.17) is 0 Å². The molecule has 0 radical (unpaired) electrons. The van der Waals surface area contributed by atoms with Gasteiger partial charge in [0.15, 0.2) is 6.10 Å². The minimum absolute atomic E-state index is 0.238. The van der Waals surface area contributed by atoms with Crippen LogP contribution in [-0.2, 0) is 38.1 Å². The molecule has 0 aliphatic carbocycles. The second-order valence-corrected chi connectivity index (χ2v) is 6.76. The molecular weight excluding hydrogens is 345 g/mol. The maximum Gasteiger partial charge on any atom is 0.523 e. The van der Waals surface area contributed by atoms with Gasteiger partial charge in [-0.2, -0.15) is 30.0 Å². The predicted octanol–water partition coefficient (Wildman–Crippen LogP) is 0.151. The third kappa shape index (κ3) is 7.59. The van der Waals surface area contributed by atoms with Gasteiger partial charge in [-0.25, -0.2) is 8.98 Å². The number of rotatable bonds is 8. The van der Waals surface area contributed by atoms with Crippen LogP contribution in [0.25, 0.3) is 0 Å². The monoisotopic (exact) mass is 358 g/mol. The van der Waals surface area contributed by atoms with E-state index in [2.05, 4.69) is 13.1 Å². The highest BCUT2D eigenvalue weighted by atomic mass is 32.2. The molecule has 126 valence electrons. The Balaban J connectivity index is 4.96. The summed E-state index contributed by atoms with van der Waals surface area (Å²) in [6.45, 7) is 0.341. The van der Waals surface area contributed by atoms with Crippen LogP contribution in [0.5, 0.6) is 0 Å². The molecule has 0 amide bonds. The number of carbonyl (C=O) groups excluding carboxylic acids is 1. The van der Waals surface area contributed by atoms with Gasteiger partial charge in [0.1, 0.15) is 0 Å². The zero-order valence-corrected chi connectivity index (χ0v) is 12.5. The molecule has 0 aromatic carbocycles. The van der Waals surface area contributed by atoms with Crippen LogP contribution >= 0.6 is 0 Å². The van der Waals surface area contributed by atoms with Gasteiger partial charge in [0.25, 0.3) is 10.1 Å². The maximum atomic E-state index is 12.2. The van der Waals surface area contributed by atoms with E-state index >= 15 is 0 Å². The Morgan fingerprint density at radius 3 is 2.10 bits per heavy atom. The normalized spacial score (nSPS) is 14.7. The van der Waals surface area contributed by atoms with E-state index < -0.39 is 50.8 Å². The Bertz CT molecular complexity index is 551. The van der Waals surface area contributed by atoms with Crippen LogP contribution < -0.4 is 0 Å². The quantitative estimate of drug-likeness (QED) is 0.342. The zero-order chi connectivity index (χ0) is 16.9. The molecule has 13 heteroatoms. The minimum atomic E-state index is -6.03. The van der Waals surface area contributed by atoms with Crippen LogP contribution in [0.4, 0.5) is 13.2 Å². The molecule has 0 spiro atoms. The largest absolute Gasteiger partial charge is 0.523 e. The highest BCUT2D eigenvalue weighted by Crippen LogP contribution is 2.26. The van der Waals surface area contributed by atoms with Gasteiger partial charge >= 0.3 is 21.6 Å². The van der Waals surface area contributed by atoms with Gasteiger partial charge in [-0.3, -0.25) is 4.18 Å². The smallest absolute Gasteiger partial charge is 0.464 e. The average molecular weight is 358 g/mol. The van der Waals surface area contributed by atoms with Crippen LogP contribution in [0.1, 0.15) is 13.3 Å². The molecule has 21 heavy (non-hydrogen) atoms. The van der Waals surface area contributed by atoms with Crippen molar-refractivity contribution in [2.24, 2.45) is 0 Å². The molecule has 1 unspecified atom stereocenters. The van der Waals surface area contributed by atoms with Gasteiger partial charge in [0.2, 0.25) is 0 Å². The Kier molecular flexibility index (Phi) is 7.05. The van der Waals surface area contributed by atoms with E-state index in [1.54, 1.807) is 0 Å². The van der Waals surface area contributed by atoms with Crippen LogP contribution in [-0.4, -0.2) is 53.9 Å². The molecule has 0 rings (SSSR count). The molecule has 0 aliphatic rings. The van der Waals surface area contributed by atoms with Crippen molar-refractivity contribution in [1.29, 1.82) is 0 Å². The van der Waals surface area contributed by atoms with Gasteiger partial charge in [-0.1, -0.05) is 0 Å². The van der Waals surface area contributed by atoms with Crippen molar-refractivity contribution >= 4 is 26.2 Å². The summed E-state index contributed by atoms with van der Waals surface area (Å²) in [5.74, 6) is -1.39. The minimum Gasteiger partial charge on any atom is -0.464 e. The number of esters is 1. The molecule has 1 atom stereocenters. The summed E-state index contributed by atoms with van der Waals surface area (Å²) in [5.41, 5.74) is -5.73. The van der Waals surface area contributed by atoms with E-state index in [0.29, 0.717) is 6.26 Å². The van der Waals surface area contributed by atoms with Crippen LogP contribution in [0, 0.1) is 0 Å². The topological polar surface area (TPSA) is 113 Å². The fourth-order valence-electron chi connectivity index (χ4n) is 0.954.